The lowest BCUT2D eigenvalue weighted by Crippen LogP contribution is -2.01. The molecule has 1 heterocycles. The topological polar surface area (TPSA) is 59.4 Å². The largest absolute Gasteiger partial charge is 0.484 e. The van der Waals surface area contributed by atoms with Crippen molar-refractivity contribution in [1.29, 1.82) is 0 Å². The van der Waals surface area contributed by atoms with E-state index in [1.165, 1.54) is 23.5 Å². The fourth-order valence-corrected chi connectivity index (χ4v) is 1.97. The molecule has 1 N–H and O–H groups in total. The molecule has 18 heavy (non-hydrogen) atoms. The van der Waals surface area contributed by atoms with Crippen LogP contribution in [-0.4, -0.2) is 16.1 Å². The molecule has 0 bridgehead atoms. The third-order valence-electron chi connectivity index (χ3n) is 2.22. The van der Waals surface area contributed by atoms with E-state index >= 15 is 0 Å². The maximum Gasteiger partial charge on any atom is 0.335 e. The highest BCUT2D eigenvalue weighted by Gasteiger charge is 2.09. The SMILES string of the molecule is Cc1nc(COc2ccc(C(=O)O)cc2F)cs1. The molecule has 94 valence electrons. The Hall–Kier alpha value is -1.95. The molecule has 2 rings (SSSR count). The fourth-order valence-electron chi connectivity index (χ4n) is 1.38. The summed E-state index contributed by atoms with van der Waals surface area (Å²) in [7, 11) is 0. The number of aromatic carboxylic acids is 1. The maximum atomic E-state index is 13.5. The Labute approximate surface area is 107 Å². The highest BCUT2D eigenvalue weighted by atomic mass is 32.1. The molecule has 4 nitrogen and oxygen atoms in total. The summed E-state index contributed by atoms with van der Waals surface area (Å²) in [5.74, 6) is -1.84. The van der Waals surface area contributed by atoms with Crippen molar-refractivity contribution in [3.8, 4) is 5.75 Å². The minimum absolute atomic E-state index is 0.0191. The van der Waals surface area contributed by atoms with Crippen molar-refractivity contribution < 1.29 is 19.0 Å². The van der Waals surface area contributed by atoms with Gasteiger partial charge in [-0.3, -0.25) is 0 Å². The molecule has 0 unspecified atom stereocenters. The zero-order valence-corrected chi connectivity index (χ0v) is 10.3. The molecule has 1 aromatic carbocycles. The zero-order valence-electron chi connectivity index (χ0n) is 9.51. The van der Waals surface area contributed by atoms with Gasteiger partial charge in [-0.1, -0.05) is 0 Å². The van der Waals surface area contributed by atoms with Crippen LogP contribution in [-0.2, 0) is 6.61 Å². The number of nitrogens with zero attached hydrogens (tertiary/aromatic N) is 1. The average Bonchev–Trinajstić information content (AvgIpc) is 2.73. The summed E-state index contributed by atoms with van der Waals surface area (Å²) in [6.07, 6.45) is 0. The Balaban J connectivity index is 2.08. The summed E-state index contributed by atoms with van der Waals surface area (Å²) in [4.78, 5) is 14.8. The van der Waals surface area contributed by atoms with Crippen molar-refractivity contribution in [1.82, 2.24) is 4.98 Å². The molecule has 0 spiro atoms. The van der Waals surface area contributed by atoms with E-state index in [4.69, 9.17) is 9.84 Å². The number of carbonyl (C=O) groups is 1. The maximum absolute atomic E-state index is 13.5. The number of carboxylic acid groups (broad SMARTS) is 1. The van der Waals surface area contributed by atoms with Gasteiger partial charge in [-0.25, -0.2) is 14.2 Å². The number of halogens is 1. The molecule has 0 saturated carbocycles. The predicted octanol–water partition coefficient (Wildman–Crippen LogP) is 2.87. The van der Waals surface area contributed by atoms with Crippen LogP contribution in [0.2, 0.25) is 0 Å². The minimum atomic E-state index is -1.17. The highest BCUT2D eigenvalue weighted by molar-refractivity contribution is 7.09. The van der Waals surface area contributed by atoms with E-state index in [1.54, 1.807) is 0 Å². The third kappa shape index (κ3) is 2.84. The molecule has 0 amide bonds. The van der Waals surface area contributed by atoms with E-state index in [1.807, 2.05) is 12.3 Å². The minimum Gasteiger partial charge on any atom is -0.484 e. The fraction of sp³-hybridized carbons (Fsp3) is 0.167. The lowest BCUT2D eigenvalue weighted by atomic mass is 10.2. The first-order valence-corrected chi connectivity index (χ1v) is 6.01. The number of hydrogen-bond donors (Lipinski definition) is 1. The molecule has 2 aromatic rings. The van der Waals surface area contributed by atoms with Crippen LogP contribution in [0.1, 0.15) is 21.1 Å². The second kappa shape index (κ2) is 5.14. The first-order valence-electron chi connectivity index (χ1n) is 5.13. The smallest absolute Gasteiger partial charge is 0.335 e. The van der Waals surface area contributed by atoms with E-state index in [0.29, 0.717) is 0 Å². The summed E-state index contributed by atoms with van der Waals surface area (Å²) in [5.41, 5.74) is 0.614. The lowest BCUT2D eigenvalue weighted by Gasteiger charge is -2.06. The number of aryl methyl sites for hydroxylation is 1. The highest BCUT2D eigenvalue weighted by Crippen LogP contribution is 2.20. The Morgan fingerprint density at radius 2 is 2.33 bits per heavy atom. The number of ether oxygens (including phenoxy) is 1. The molecule has 0 fully saturated rings. The van der Waals surface area contributed by atoms with Gasteiger partial charge in [-0.2, -0.15) is 0 Å². The van der Waals surface area contributed by atoms with Gasteiger partial charge in [0, 0.05) is 5.38 Å². The van der Waals surface area contributed by atoms with Crippen LogP contribution in [0.4, 0.5) is 4.39 Å². The van der Waals surface area contributed by atoms with Gasteiger partial charge < -0.3 is 9.84 Å². The predicted molar refractivity (Wildman–Crippen MR) is 64.5 cm³/mol. The lowest BCUT2D eigenvalue weighted by molar-refractivity contribution is 0.0696. The van der Waals surface area contributed by atoms with Gasteiger partial charge in [0.2, 0.25) is 0 Å². The standard InChI is InChI=1S/C12H10FNO3S/c1-7-14-9(6-18-7)5-17-11-3-2-8(12(15)16)4-10(11)13/h2-4,6H,5H2,1H3,(H,15,16). The second-order valence-corrected chi connectivity index (χ2v) is 4.66. The average molecular weight is 267 g/mol. The molecular weight excluding hydrogens is 257 g/mol. The number of benzene rings is 1. The van der Waals surface area contributed by atoms with Crippen LogP contribution in [0, 0.1) is 12.7 Å². The summed E-state index contributed by atoms with van der Waals surface area (Å²) in [5, 5.41) is 11.4. The van der Waals surface area contributed by atoms with Crippen molar-refractivity contribution in [3.05, 3.63) is 45.7 Å². The van der Waals surface area contributed by atoms with E-state index in [2.05, 4.69) is 4.98 Å². The van der Waals surface area contributed by atoms with Gasteiger partial charge in [-0.15, -0.1) is 11.3 Å². The van der Waals surface area contributed by atoms with E-state index in [0.717, 1.165) is 16.8 Å². The summed E-state index contributed by atoms with van der Waals surface area (Å²) >= 11 is 1.49. The molecule has 0 atom stereocenters. The van der Waals surface area contributed by atoms with Gasteiger partial charge in [0.25, 0.3) is 0 Å². The van der Waals surface area contributed by atoms with Crippen LogP contribution in [0.15, 0.2) is 23.6 Å². The van der Waals surface area contributed by atoms with Crippen LogP contribution < -0.4 is 4.74 Å². The van der Waals surface area contributed by atoms with Crippen LogP contribution in [0.5, 0.6) is 5.75 Å². The number of aromatic nitrogens is 1. The van der Waals surface area contributed by atoms with E-state index in [-0.39, 0.29) is 17.9 Å². The van der Waals surface area contributed by atoms with Crippen molar-refractivity contribution in [2.75, 3.05) is 0 Å². The van der Waals surface area contributed by atoms with E-state index < -0.39 is 11.8 Å². The molecular formula is C12H10FNO3S. The molecule has 0 saturated heterocycles. The Kier molecular flexibility index (Phi) is 3.57. The molecule has 1 aromatic heterocycles. The van der Waals surface area contributed by atoms with Crippen molar-refractivity contribution in [2.45, 2.75) is 13.5 Å². The Bertz CT molecular complexity index is 582. The molecule has 0 radical (unpaired) electrons. The van der Waals surface area contributed by atoms with Gasteiger partial charge in [0.05, 0.1) is 16.3 Å². The van der Waals surface area contributed by atoms with Crippen LogP contribution in [0.3, 0.4) is 0 Å². The monoisotopic (exact) mass is 267 g/mol. The van der Waals surface area contributed by atoms with Crippen LogP contribution >= 0.6 is 11.3 Å². The summed E-state index contributed by atoms with van der Waals surface area (Å²) in [6.45, 7) is 2.03. The normalized spacial score (nSPS) is 10.3. The molecule has 0 aliphatic rings. The molecule has 0 aliphatic heterocycles. The van der Waals surface area contributed by atoms with Crippen molar-refractivity contribution >= 4 is 17.3 Å². The number of hydrogen-bond acceptors (Lipinski definition) is 4. The summed E-state index contributed by atoms with van der Waals surface area (Å²) < 4.78 is 18.8. The molecule has 0 aliphatic carbocycles. The van der Waals surface area contributed by atoms with Gasteiger partial charge in [0.15, 0.2) is 11.6 Å². The third-order valence-corrected chi connectivity index (χ3v) is 3.04. The second-order valence-electron chi connectivity index (χ2n) is 3.60. The van der Waals surface area contributed by atoms with Gasteiger partial charge in [0.1, 0.15) is 6.61 Å². The Morgan fingerprint density at radius 1 is 1.56 bits per heavy atom. The van der Waals surface area contributed by atoms with Crippen molar-refractivity contribution in [3.63, 3.8) is 0 Å². The zero-order chi connectivity index (χ0) is 13.1. The van der Waals surface area contributed by atoms with Gasteiger partial charge >= 0.3 is 5.97 Å². The first kappa shape index (κ1) is 12.5. The quantitative estimate of drug-likeness (QED) is 0.925. The number of thiazole rings is 1. The molecule has 6 heteroatoms. The summed E-state index contributed by atoms with van der Waals surface area (Å²) in [6, 6.07) is 3.54. The van der Waals surface area contributed by atoms with Crippen LogP contribution in [0.25, 0.3) is 0 Å². The Morgan fingerprint density at radius 3 is 2.89 bits per heavy atom. The first-order chi connectivity index (χ1) is 8.56. The number of carboxylic acids is 1. The van der Waals surface area contributed by atoms with Gasteiger partial charge in [-0.05, 0) is 25.1 Å². The number of rotatable bonds is 4. The van der Waals surface area contributed by atoms with Crippen molar-refractivity contribution in [2.24, 2.45) is 0 Å². The van der Waals surface area contributed by atoms with E-state index in [9.17, 15) is 9.18 Å².